The second-order valence-corrected chi connectivity index (χ2v) is 4.85. The van der Waals surface area contributed by atoms with Crippen molar-refractivity contribution in [2.24, 2.45) is 0 Å². The molecule has 4 heteroatoms. The lowest BCUT2D eigenvalue weighted by Crippen LogP contribution is -2.40. The number of aromatic nitrogens is 2. The van der Waals surface area contributed by atoms with E-state index >= 15 is 0 Å². The van der Waals surface area contributed by atoms with Crippen molar-refractivity contribution < 1.29 is 9.53 Å². The van der Waals surface area contributed by atoms with Gasteiger partial charge in [0.25, 0.3) is 0 Å². The van der Waals surface area contributed by atoms with Gasteiger partial charge in [-0.2, -0.15) is 0 Å². The maximum atomic E-state index is 12.3. The fourth-order valence-corrected chi connectivity index (χ4v) is 2.71. The minimum absolute atomic E-state index is 0.122. The van der Waals surface area contributed by atoms with Crippen LogP contribution in [-0.4, -0.2) is 22.5 Å². The summed E-state index contributed by atoms with van der Waals surface area (Å²) in [4.78, 5) is 20.9. The molecule has 0 amide bonds. The van der Waals surface area contributed by atoms with E-state index in [1.807, 2.05) is 19.9 Å². The topological polar surface area (TPSA) is 52.1 Å². The summed E-state index contributed by atoms with van der Waals surface area (Å²) in [5.41, 5.74) is 0.287. The molecule has 98 valence electrons. The van der Waals surface area contributed by atoms with Crippen molar-refractivity contribution >= 4 is 5.97 Å². The van der Waals surface area contributed by atoms with Gasteiger partial charge < -0.3 is 4.74 Å². The fourth-order valence-electron chi connectivity index (χ4n) is 2.71. The Labute approximate surface area is 108 Å². The van der Waals surface area contributed by atoms with Crippen LogP contribution in [0.1, 0.15) is 50.5 Å². The molecule has 1 aliphatic carbocycles. The number of esters is 1. The van der Waals surface area contributed by atoms with E-state index in [4.69, 9.17) is 4.74 Å². The molecule has 0 bridgehead atoms. The maximum Gasteiger partial charge on any atom is 0.318 e. The summed E-state index contributed by atoms with van der Waals surface area (Å²) in [6, 6.07) is 1.86. The van der Waals surface area contributed by atoms with Crippen molar-refractivity contribution in [2.45, 2.75) is 51.4 Å². The molecular weight excluding hydrogens is 228 g/mol. The lowest BCUT2D eigenvalue weighted by molar-refractivity contribution is -0.151. The molecule has 1 aromatic heterocycles. The van der Waals surface area contributed by atoms with E-state index in [0.29, 0.717) is 12.4 Å². The zero-order valence-corrected chi connectivity index (χ0v) is 11.1. The van der Waals surface area contributed by atoms with E-state index in [2.05, 4.69) is 9.97 Å². The van der Waals surface area contributed by atoms with Crippen LogP contribution in [0.5, 0.6) is 0 Å². The number of nitrogens with zero attached hydrogens (tertiary/aromatic N) is 2. The summed E-state index contributed by atoms with van der Waals surface area (Å²) in [6.07, 6.45) is 6.70. The van der Waals surface area contributed by atoms with Crippen molar-refractivity contribution in [2.75, 3.05) is 6.61 Å². The smallest absolute Gasteiger partial charge is 0.318 e. The van der Waals surface area contributed by atoms with Gasteiger partial charge in [-0.15, -0.1) is 0 Å². The molecule has 0 spiro atoms. The van der Waals surface area contributed by atoms with E-state index in [9.17, 15) is 4.79 Å². The number of ether oxygens (including phenoxy) is 1. The van der Waals surface area contributed by atoms with Gasteiger partial charge in [0.1, 0.15) is 11.2 Å². The van der Waals surface area contributed by atoms with Crippen molar-refractivity contribution in [3.8, 4) is 0 Å². The summed E-state index contributed by atoms with van der Waals surface area (Å²) in [5.74, 6) is 0.588. The molecular formula is C14H20N2O2. The van der Waals surface area contributed by atoms with Gasteiger partial charge in [-0.05, 0) is 32.8 Å². The molecule has 0 radical (unpaired) electrons. The van der Waals surface area contributed by atoms with Crippen LogP contribution in [0.4, 0.5) is 0 Å². The van der Waals surface area contributed by atoms with Gasteiger partial charge in [-0.25, -0.2) is 9.97 Å². The molecule has 0 aromatic carbocycles. The Morgan fingerprint density at radius 3 is 2.72 bits per heavy atom. The minimum Gasteiger partial charge on any atom is -0.465 e. The van der Waals surface area contributed by atoms with Crippen LogP contribution in [0.3, 0.4) is 0 Å². The average Bonchev–Trinajstić information content (AvgIpc) is 2.40. The molecule has 2 rings (SSSR count). The zero-order valence-electron chi connectivity index (χ0n) is 11.1. The first-order valence-corrected chi connectivity index (χ1v) is 6.66. The SMILES string of the molecule is CCOC(=O)C1(c2ccnc(C)n2)CCCCC1. The zero-order chi connectivity index (χ0) is 13.0. The van der Waals surface area contributed by atoms with Crippen molar-refractivity contribution in [1.82, 2.24) is 9.97 Å². The highest BCUT2D eigenvalue weighted by atomic mass is 16.5. The summed E-state index contributed by atoms with van der Waals surface area (Å²) >= 11 is 0. The Balaban J connectivity index is 2.38. The molecule has 1 fully saturated rings. The van der Waals surface area contributed by atoms with Crippen LogP contribution in [0.25, 0.3) is 0 Å². The average molecular weight is 248 g/mol. The van der Waals surface area contributed by atoms with Gasteiger partial charge >= 0.3 is 5.97 Å². The van der Waals surface area contributed by atoms with E-state index in [0.717, 1.165) is 31.4 Å². The molecule has 1 saturated carbocycles. The van der Waals surface area contributed by atoms with E-state index in [1.165, 1.54) is 6.42 Å². The Kier molecular flexibility index (Phi) is 3.94. The third-order valence-corrected chi connectivity index (χ3v) is 3.64. The summed E-state index contributed by atoms with van der Waals surface area (Å²) in [6.45, 7) is 4.12. The van der Waals surface area contributed by atoms with Gasteiger partial charge in [-0.3, -0.25) is 4.79 Å². The number of rotatable bonds is 3. The Morgan fingerprint density at radius 1 is 1.39 bits per heavy atom. The highest BCUT2D eigenvalue weighted by Gasteiger charge is 2.43. The van der Waals surface area contributed by atoms with Gasteiger partial charge in [0.2, 0.25) is 0 Å². The number of hydrogen-bond donors (Lipinski definition) is 0. The lowest BCUT2D eigenvalue weighted by atomic mass is 9.71. The van der Waals surface area contributed by atoms with Crippen LogP contribution in [0.15, 0.2) is 12.3 Å². The van der Waals surface area contributed by atoms with Crippen LogP contribution in [-0.2, 0) is 14.9 Å². The first-order chi connectivity index (χ1) is 8.69. The molecule has 4 nitrogen and oxygen atoms in total. The molecule has 0 unspecified atom stereocenters. The minimum atomic E-state index is -0.540. The molecule has 18 heavy (non-hydrogen) atoms. The van der Waals surface area contributed by atoms with E-state index in [-0.39, 0.29) is 5.97 Å². The highest BCUT2D eigenvalue weighted by molar-refractivity contribution is 5.82. The van der Waals surface area contributed by atoms with E-state index in [1.54, 1.807) is 6.20 Å². The first-order valence-electron chi connectivity index (χ1n) is 6.66. The van der Waals surface area contributed by atoms with Crippen molar-refractivity contribution in [3.05, 3.63) is 23.8 Å². The number of hydrogen-bond acceptors (Lipinski definition) is 4. The third-order valence-electron chi connectivity index (χ3n) is 3.64. The second-order valence-electron chi connectivity index (χ2n) is 4.85. The van der Waals surface area contributed by atoms with E-state index < -0.39 is 5.41 Å². The van der Waals surface area contributed by atoms with Gasteiger partial charge in [-0.1, -0.05) is 19.3 Å². The van der Waals surface area contributed by atoms with Gasteiger partial charge in [0, 0.05) is 6.20 Å². The number of carbonyl (C=O) groups is 1. The summed E-state index contributed by atoms with van der Waals surface area (Å²) in [7, 11) is 0. The van der Waals surface area contributed by atoms with Crippen LogP contribution < -0.4 is 0 Å². The molecule has 1 heterocycles. The standard InChI is InChI=1S/C14H20N2O2/c1-3-18-13(17)14(8-5-4-6-9-14)12-7-10-15-11(2)16-12/h7,10H,3-6,8-9H2,1-2H3. The van der Waals surface area contributed by atoms with Gasteiger partial charge in [0.15, 0.2) is 0 Å². The Morgan fingerprint density at radius 2 is 2.11 bits per heavy atom. The molecule has 0 atom stereocenters. The van der Waals surface area contributed by atoms with Crippen molar-refractivity contribution in [1.29, 1.82) is 0 Å². The molecule has 0 aliphatic heterocycles. The Bertz CT molecular complexity index is 426. The molecule has 0 N–H and O–H groups in total. The monoisotopic (exact) mass is 248 g/mol. The normalized spacial score (nSPS) is 18.3. The third kappa shape index (κ3) is 2.37. The lowest BCUT2D eigenvalue weighted by Gasteiger charge is -2.34. The molecule has 1 aliphatic rings. The first kappa shape index (κ1) is 13.0. The number of carbonyl (C=O) groups excluding carboxylic acids is 1. The quantitative estimate of drug-likeness (QED) is 0.771. The predicted octanol–water partition coefficient (Wildman–Crippen LogP) is 2.55. The second kappa shape index (κ2) is 5.46. The molecule has 1 aromatic rings. The van der Waals surface area contributed by atoms with Crippen molar-refractivity contribution in [3.63, 3.8) is 0 Å². The van der Waals surface area contributed by atoms with Crippen LogP contribution in [0, 0.1) is 6.92 Å². The highest BCUT2D eigenvalue weighted by Crippen LogP contribution is 2.39. The molecule has 0 saturated heterocycles. The number of aryl methyl sites for hydroxylation is 1. The summed E-state index contributed by atoms with van der Waals surface area (Å²) < 4.78 is 5.28. The predicted molar refractivity (Wildman–Crippen MR) is 68.2 cm³/mol. The van der Waals surface area contributed by atoms with Crippen LogP contribution >= 0.6 is 0 Å². The Hall–Kier alpha value is -1.45. The van der Waals surface area contributed by atoms with Crippen LogP contribution in [0.2, 0.25) is 0 Å². The summed E-state index contributed by atoms with van der Waals surface area (Å²) in [5, 5.41) is 0. The fraction of sp³-hybridized carbons (Fsp3) is 0.643. The van der Waals surface area contributed by atoms with Gasteiger partial charge in [0.05, 0.1) is 12.3 Å². The largest absolute Gasteiger partial charge is 0.465 e. The maximum absolute atomic E-state index is 12.3.